The number of aromatic hydroxyl groups is 1. The first kappa shape index (κ1) is 24.0. The van der Waals surface area contributed by atoms with Crippen LogP contribution in [0, 0.1) is 0 Å². The Morgan fingerprint density at radius 3 is 2.76 bits per heavy atom. The summed E-state index contributed by atoms with van der Waals surface area (Å²) in [6.07, 6.45) is 1.05. The molecule has 0 unspecified atom stereocenters. The second-order valence-corrected chi connectivity index (χ2v) is 9.28. The molecule has 2 aromatic rings. The van der Waals surface area contributed by atoms with Crippen LogP contribution in [0.2, 0.25) is 0 Å². The number of carbonyl (C=O) groups excluding carboxylic acids is 2. The van der Waals surface area contributed by atoms with Gasteiger partial charge in [0.15, 0.2) is 17.3 Å². The smallest absolute Gasteiger partial charge is 0.336 e. The van der Waals surface area contributed by atoms with Crippen molar-refractivity contribution >= 4 is 23.1 Å². The first-order valence-corrected chi connectivity index (χ1v) is 12.2. The number of ether oxygens (including phenoxy) is 3. The molecule has 4 rings (SSSR count). The third-order valence-electron chi connectivity index (χ3n) is 6.20. The van der Waals surface area contributed by atoms with Gasteiger partial charge in [0.1, 0.15) is 6.61 Å². The Bertz CT molecular complexity index is 1130. The van der Waals surface area contributed by atoms with Gasteiger partial charge in [0.2, 0.25) is 0 Å². The lowest BCUT2D eigenvalue weighted by Gasteiger charge is -2.36. The largest absolute Gasteiger partial charge is 0.504 e. The Hall–Kier alpha value is -3.10. The van der Waals surface area contributed by atoms with Gasteiger partial charge in [-0.25, -0.2) is 4.79 Å². The van der Waals surface area contributed by atoms with E-state index in [9.17, 15) is 14.7 Å². The minimum Gasteiger partial charge on any atom is -0.504 e. The number of hydrogen-bond donors (Lipinski definition) is 2. The molecule has 7 nitrogen and oxygen atoms in total. The van der Waals surface area contributed by atoms with Gasteiger partial charge in [-0.1, -0.05) is 12.1 Å². The second-order valence-electron chi connectivity index (χ2n) is 8.30. The Balaban J connectivity index is 1.75. The number of esters is 1. The van der Waals surface area contributed by atoms with Crippen LogP contribution >= 0.6 is 11.3 Å². The molecular formula is C26H29NO6S. The van der Waals surface area contributed by atoms with Crippen LogP contribution in [0.5, 0.6) is 11.5 Å². The van der Waals surface area contributed by atoms with E-state index in [0.29, 0.717) is 48.5 Å². The molecule has 8 heteroatoms. The minimum absolute atomic E-state index is 0.00342. The molecule has 34 heavy (non-hydrogen) atoms. The van der Waals surface area contributed by atoms with Gasteiger partial charge in [-0.15, -0.1) is 11.3 Å². The zero-order chi connectivity index (χ0) is 24.2. The van der Waals surface area contributed by atoms with Crippen LogP contribution < -0.4 is 10.1 Å². The number of hydrogen-bond acceptors (Lipinski definition) is 8. The zero-order valence-electron chi connectivity index (χ0n) is 19.6. The predicted octanol–water partition coefficient (Wildman–Crippen LogP) is 4.40. The van der Waals surface area contributed by atoms with Gasteiger partial charge in [-0.3, -0.25) is 4.79 Å². The van der Waals surface area contributed by atoms with Crippen molar-refractivity contribution in [2.45, 2.75) is 38.5 Å². The van der Waals surface area contributed by atoms with E-state index in [1.54, 1.807) is 23.5 Å². The fraction of sp³-hybridized carbons (Fsp3) is 0.385. The monoisotopic (exact) mass is 483 g/mol. The van der Waals surface area contributed by atoms with E-state index < -0.39 is 11.9 Å². The summed E-state index contributed by atoms with van der Waals surface area (Å²) < 4.78 is 16.1. The summed E-state index contributed by atoms with van der Waals surface area (Å²) in [6, 6.07) is 8.97. The summed E-state index contributed by atoms with van der Waals surface area (Å²) in [4.78, 5) is 27.9. The van der Waals surface area contributed by atoms with Crippen molar-refractivity contribution in [3.63, 3.8) is 0 Å². The highest BCUT2D eigenvalue weighted by Crippen LogP contribution is 2.47. The van der Waals surface area contributed by atoms with Gasteiger partial charge in [-0.05, 0) is 49.4 Å². The lowest BCUT2D eigenvalue weighted by molar-refractivity contribution is -0.140. The van der Waals surface area contributed by atoms with E-state index in [0.717, 1.165) is 5.70 Å². The van der Waals surface area contributed by atoms with E-state index in [1.807, 2.05) is 25.3 Å². The van der Waals surface area contributed by atoms with Gasteiger partial charge in [0.25, 0.3) is 0 Å². The maximum absolute atomic E-state index is 13.5. The van der Waals surface area contributed by atoms with Crippen molar-refractivity contribution < 1.29 is 28.9 Å². The van der Waals surface area contributed by atoms with Crippen LogP contribution in [0.4, 0.5) is 0 Å². The predicted molar refractivity (Wildman–Crippen MR) is 129 cm³/mol. The zero-order valence-corrected chi connectivity index (χ0v) is 20.4. The van der Waals surface area contributed by atoms with Crippen LogP contribution in [-0.4, -0.2) is 43.8 Å². The topological polar surface area (TPSA) is 94.1 Å². The highest BCUT2D eigenvalue weighted by atomic mass is 32.1. The van der Waals surface area contributed by atoms with Crippen molar-refractivity contribution in [3.8, 4) is 11.5 Å². The number of phenolic OH excluding ortho intramolecular Hbond substituents is 1. The summed E-state index contributed by atoms with van der Waals surface area (Å²) in [5, 5.41) is 15.5. The first-order valence-electron chi connectivity index (χ1n) is 11.3. The standard InChI is InChI=1S/C26H29NO6S/c1-4-32-9-10-33-26(30)23-15(2)27-18-12-17(22-6-5-11-34-22)13-20(29)25(18)24(23)16-7-8-19(28)21(14-16)31-3/h5-8,11,14,17,24,27-28H,4,9-10,12-13H2,1-3H3/t17-,24-/m1/s1. The molecule has 2 heterocycles. The molecule has 0 bridgehead atoms. The molecule has 1 aromatic carbocycles. The van der Waals surface area contributed by atoms with Crippen LogP contribution in [0.25, 0.3) is 0 Å². The maximum atomic E-state index is 13.5. The van der Waals surface area contributed by atoms with Crippen LogP contribution in [-0.2, 0) is 19.1 Å². The van der Waals surface area contributed by atoms with Crippen LogP contribution in [0.3, 0.4) is 0 Å². The van der Waals surface area contributed by atoms with Crippen molar-refractivity contribution in [2.75, 3.05) is 26.9 Å². The number of allylic oxidation sites excluding steroid dienone is 3. The molecule has 1 aromatic heterocycles. The van der Waals surface area contributed by atoms with Crippen molar-refractivity contribution in [1.82, 2.24) is 5.32 Å². The normalized spacial score (nSPS) is 20.1. The second kappa shape index (κ2) is 10.4. The average Bonchev–Trinajstić information content (AvgIpc) is 3.36. The molecule has 0 fully saturated rings. The third-order valence-corrected chi connectivity index (χ3v) is 7.23. The van der Waals surface area contributed by atoms with Gasteiger partial charge in [-0.2, -0.15) is 0 Å². The number of phenols is 1. The fourth-order valence-corrected chi connectivity index (χ4v) is 5.49. The molecule has 0 radical (unpaired) electrons. The Kier molecular flexibility index (Phi) is 7.38. The number of thiophene rings is 1. The SMILES string of the molecule is CCOCCOC(=O)C1=C(C)NC2=C(C(=O)C[C@H](c3cccs3)C2)[C@@H]1c1ccc(O)c(OC)c1. The van der Waals surface area contributed by atoms with E-state index >= 15 is 0 Å². The fourth-order valence-electron chi connectivity index (χ4n) is 4.66. The van der Waals surface area contributed by atoms with Gasteiger partial charge >= 0.3 is 5.97 Å². The number of carbonyl (C=O) groups is 2. The lowest BCUT2D eigenvalue weighted by atomic mass is 9.72. The summed E-state index contributed by atoms with van der Waals surface area (Å²) in [7, 11) is 1.47. The van der Waals surface area contributed by atoms with Crippen molar-refractivity contribution in [1.29, 1.82) is 0 Å². The summed E-state index contributed by atoms with van der Waals surface area (Å²) in [5.41, 5.74) is 3.11. The Labute approximate surface area is 203 Å². The highest BCUT2D eigenvalue weighted by Gasteiger charge is 2.41. The van der Waals surface area contributed by atoms with Gasteiger partial charge in [0, 0.05) is 46.7 Å². The number of benzene rings is 1. The molecule has 2 N–H and O–H groups in total. The van der Waals surface area contributed by atoms with Gasteiger partial charge in [0.05, 0.1) is 19.3 Å². The molecule has 1 aliphatic heterocycles. The number of dihydropyridines is 1. The number of ketones is 1. The summed E-state index contributed by atoms with van der Waals surface area (Å²) in [5.74, 6) is -0.760. The molecule has 0 spiro atoms. The van der Waals surface area contributed by atoms with Crippen LogP contribution in [0.15, 0.2) is 58.3 Å². The lowest BCUT2D eigenvalue weighted by Crippen LogP contribution is -2.36. The molecule has 0 saturated carbocycles. The molecule has 0 amide bonds. The third kappa shape index (κ3) is 4.74. The average molecular weight is 484 g/mol. The number of nitrogens with one attached hydrogen (secondary N) is 1. The van der Waals surface area contributed by atoms with E-state index in [2.05, 4.69) is 11.4 Å². The molecule has 180 valence electrons. The first-order chi connectivity index (χ1) is 16.4. The van der Waals surface area contributed by atoms with Crippen LogP contribution in [0.1, 0.15) is 49.0 Å². The van der Waals surface area contributed by atoms with Crippen molar-refractivity contribution in [2.24, 2.45) is 0 Å². The highest BCUT2D eigenvalue weighted by molar-refractivity contribution is 7.10. The quantitative estimate of drug-likeness (QED) is 0.424. The molecular weight excluding hydrogens is 454 g/mol. The Morgan fingerprint density at radius 1 is 1.24 bits per heavy atom. The van der Waals surface area contributed by atoms with Crippen molar-refractivity contribution in [3.05, 3.63) is 68.7 Å². The van der Waals surface area contributed by atoms with E-state index in [1.165, 1.54) is 18.1 Å². The minimum atomic E-state index is -0.623. The summed E-state index contributed by atoms with van der Waals surface area (Å²) >= 11 is 1.65. The molecule has 2 aliphatic rings. The number of Topliss-reactive ketones (excluding diaryl/α,β-unsaturated/α-hetero) is 1. The Morgan fingerprint density at radius 2 is 2.06 bits per heavy atom. The molecule has 2 atom stereocenters. The number of rotatable bonds is 8. The summed E-state index contributed by atoms with van der Waals surface area (Å²) in [6.45, 7) is 4.66. The van der Waals surface area contributed by atoms with E-state index in [4.69, 9.17) is 14.2 Å². The molecule has 0 saturated heterocycles. The van der Waals surface area contributed by atoms with E-state index in [-0.39, 0.29) is 29.8 Å². The maximum Gasteiger partial charge on any atom is 0.336 e. The molecule has 1 aliphatic carbocycles. The van der Waals surface area contributed by atoms with Gasteiger partial charge < -0.3 is 24.6 Å². The number of methoxy groups -OCH3 is 1.